The lowest BCUT2D eigenvalue weighted by Gasteiger charge is -2.09. The Bertz CT molecular complexity index is 846. The molecule has 0 amide bonds. The first kappa shape index (κ1) is 28.9. The van der Waals surface area contributed by atoms with Crippen LogP contribution in [0.1, 0.15) is 65.2 Å². The van der Waals surface area contributed by atoms with Crippen LogP contribution in [-0.2, 0) is 0 Å². The summed E-state index contributed by atoms with van der Waals surface area (Å²) in [6, 6.07) is 0.665. The lowest BCUT2D eigenvalue weighted by molar-refractivity contribution is 0.380. The van der Waals surface area contributed by atoms with Crippen LogP contribution >= 0.6 is 0 Å². The average molecular weight is 483 g/mol. The molecule has 2 aromatic rings. The van der Waals surface area contributed by atoms with Gasteiger partial charge in [-0.25, -0.2) is 35.1 Å². The Morgan fingerprint density at radius 2 is 0.970 bits per heavy atom. The van der Waals surface area contributed by atoms with E-state index in [1.807, 2.05) is 0 Å². The number of halogens is 8. The van der Waals surface area contributed by atoms with Crippen molar-refractivity contribution >= 4 is 0 Å². The molecule has 0 aliphatic rings. The highest BCUT2D eigenvalue weighted by Crippen LogP contribution is 2.34. The van der Waals surface area contributed by atoms with E-state index in [9.17, 15) is 35.1 Å². The second-order valence-corrected chi connectivity index (χ2v) is 7.54. The van der Waals surface area contributed by atoms with E-state index < -0.39 is 57.7 Å². The van der Waals surface area contributed by atoms with Crippen LogP contribution in [0.3, 0.4) is 0 Å². The molecule has 186 valence electrons. The molecule has 0 atom stereocenters. The van der Waals surface area contributed by atoms with Crippen LogP contribution in [0.5, 0.6) is 0 Å². The Hall–Kier alpha value is -2.16. The number of rotatable bonds is 11. The van der Waals surface area contributed by atoms with Crippen molar-refractivity contribution in [1.82, 2.24) is 5.32 Å². The third-order valence-electron chi connectivity index (χ3n) is 4.93. The molecule has 0 aromatic heterocycles. The fourth-order valence-electron chi connectivity index (χ4n) is 3.04. The lowest BCUT2D eigenvalue weighted by Crippen LogP contribution is -2.16. The van der Waals surface area contributed by atoms with E-state index in [2.05, 4.69) is 19.2 Å². The molecule has 0 saturated heterocycles. The molecule has 0 bridgehead atoms. The highest BCUT2D eigenvalue weighted by atomic mass is 19.2. The first-order valence-corrected chi connectivity index (χ1v) is 11.0. The van der Waals surface area contributed by atoms with E-state index in [-0.39, 0.29) is 0 Å². The maximum atomic E-state index is 13.4. The maximum Gasteiger partial charge on any atom is 0.200 e. The summed E-state index contributed by atoms with van der Waals surface area (Å²) in [6.07, 6.45) is 11.0. The van der Waals surface area contributed by atoms with E-state index in [1.165, 1.54) is 64.5 Å². The van der Waals surface area contributed by atoms with Gasteiger partial charge in [0.25, 0.3) is 0 Å². The van der Waals surface area contributed by atoms with E-state index in [1.54, 1.807) is 0 Å². The van der Waals surface area contributed by atoms with Crippen LogP contribution in [0.25, 0.3) is 11.1 Å². The molecule has 1 nitrogen and oxygen atoms in total. The minimum atomic E-state index is -2.44. The number of hydrogen-bond acceptors (Lipinski definition) is 1. The van der Waals surface area contributed by atoms with Crippen LogP contribution < -0.4 is 5.32 Å². The predicted molar refractivity (Wildman–Crippen MR) is 113 cm³/mol. The van der Waals surface area contributed by atoms with Crippen LogP contribution in [0, 0.1) is 46.5 Å². The molecule has 0 fully saturated rings. The van der Waals surface area contributed by atoms with Crippen molar-refractivity contribution in [3.8, 4) is 11.1 Å². The highest BCUT2D eigenvalue weighted by Gasteiger charge is 2.29. The Labute approximate surface area is 189 Å². The summed E-state index contributed by atoms with van der Waals surface area (Å²) in [5.74, 6) is -17.6. The summed E-state index contributed by atoms with van der Waals surface area (Å²) < 4.78 is 105. The van der Waals surface area contributed by atoms with Crippen LogP contribution in [0.2, 0.25) is 0 Å². The molecule has 33 heavy (non-hydrogen) atoms. The van der Waals surface area contributed by atoms with Crippen molar-refractivity contribution < 1.29 is 35.1 Å². The molecule has 0 heterocycles. The van der Waals surface area contributed by atoms with Gasteiger partial charge in [0.05, 0.1) is 5.56 Å². The topological polar surface area (TPSA) is 12.0 Å². The summed E-state index contributed by atoms with van der Waals surface area (Å²) in [5.41, 5.74) is -2.95. The van der Waals surface area contributed by atoms with Crippen LogP contribution in [-0.4, -0.2) is 13.1 Å². The van der Waals surface area contributed by atoms with E-state index in [4.69, 9.17) is 0 Å². The van der Waals surface area contributed by atoms with Crippen LogP contribution in [0.4, 0.5) is 35.1 Å². The van der Waals surface area contributed by atoms with Crippen molar-refractivity contribution in [1.29, 1.82) is 0 Å². The zero-order chi connectivity index (χ0) is 25.0. The normalized spacial score (nSPS) is 10.8. The molecule has 0 unspecified atom stereocenters. The smallest absolute Gasteiger partial charge is 0.200 e. The van der Waals surface area contributed by atoms with Gasteiger partial charge in [0, 0.05) is 5.56 Å². The molecule has 0 saturated carbocycles. The number of nitrogens with one attached hydrogen (secondary N) is 1. The molecule has 0 radical (unpaired) electrons. The Morgan fingerprint density at radius 3 is 1.42 bits per heavy atom. The van der Waals surface area contributed by atoms with Crippen molar-refractivity contribution in [3.05, 3.63) is 58.7 Å². The molecule has 9 heteroatoms. The fraction of sp³-hybridized carbons (Fsp3) is 0.500. The average Bonchev–Trinajstić information content (AvgIpc) is 2.81. The third kappa shape index (κ3) is 8.28. The van der Waals surface area contributed by atoms with Crippen molar-refractivity contribution in [2.24, 2.45) is 0 Å². The predicted octanol–water partition coefficient (Wildman–Crippen LogP) is 8.20. The van der Waals surface area contributed by atoms with Gasteiger partial charge < -0.3 is 5.32 Å². The molecule has 0 aliphatic heterocycles. The summed E-state index contributed by atoms with van der Waals surface area (Å²) in [4.78, 5) is 0. The zero-order valence-corrected chi connectivity index (χ0v) is 18.7. The van der Waals surface area contributed by atoms with Gasteiger partial charge in [-0.3, -0.25) is 0 Å². The lowest BCUT2D eigenvalue weighted by atomic mass is 10.0. The second-order valence-electron chi connectivity index (χ2n) is 7.54. The maximum absolute atomic E-state index is 13.4. The zero-order valence-electron chi connectivity index (χ0n) is 18.7. The van der Waals surface area contributed by atoms with E-state index >= 15 is 0 Å². The van der Waals surface area contributed by atoms with Gasteiger partial charge >= 0.3 is 0 Å². The molecule has 0 aliphatic carbocycles. The number of hydrogen-bond donors (Lipinski definition) is 1. The standard InChI is InChI=1S/C12H2F8.C12H27N/c13-4-2-1-3(6(14)7(4)15)5-8(16)10(18)12(20)11(19)9(5)17;1-3-5-7-9-11-13-12-10-8-6-4-2/h1-2H;13H,3-12H2,1-2H3. The molecule has 0 spiro atoms. The van der Waals surface area contributed by atoms with Crippen molar-refractivity contribution in [3.63, 3.8) is 0 Å². The summed E-state index contributed by atoms with van der Waals surface area (Å²) in [5, 5.41) is 3.50. The SMILES string of the molecule is CCCCCCNCCCCCC.Fc1ccc(-c2c(F)c(F)c(F)c(F)c2F)c(F)c1F. The Kier molecular flexibility index (Phi) is 13.0. The van der Waals surface area contributed by atoms with Gasteiger partial charge in [0.15, 0.2) is 40.7 Å². The van der Waals surface area contributed by atoms with Crippen molar-refractivity contribution in [2.45, 2.75) is 65.2 Å². The van der Waals surface area contributed by atoms with Gasteiger partial charge in [0.2, 0.25) is 5.82 Å². The first-order chi connectivity index (χ1) is 15.7. The van der Waals surface area contributed by atoms with Gasteiger partial charge in [-0.15, -0.1) is 0 Å². The largest absolute Gasteiger partial charge is 0.317 e. The summed E-state index contributed by atoms with van der Waals surface area (Å²) in [6.45, 7) is 6.98. The summed E-state index contributed by atoms with van der Waals surface area (Å²) >= 11 is 0. The second kappa shape index (κ2) is 14.9. The quantitative estimate of drug-likeness (QED) is 0.147. The number of unbranched alkanes of at least 4 members (excludes halogenated alkanes) is 6. The Morgan fingerprint density at radius 1 is 0.515 bits per heavy atom. The van der Waals surface area contributed by atoms with Gasteiger partial charge in [-0.2, -0.15) is 0 Å². The molecule has 2 rings (SSSR count). The minimum Gasteiger partial charge on any atom is -0.317 e. The van der Waals surface area contributed by atoms with Gasteiger partial charge in [0.1, 0.15) is 0 Å². The highest BCUT2D eigenvalue weighted by molar-refractivity contribution is 5.66. The first-order valence-electron chi connectivity index (χ1n) is 11.0. The van der Waals surface area contributed by atoms with E-state index in [0.29, 0.717) is 12.1 Å². The molecule has 2 aromatic carbocycles. The Balaban J connectivity index is 0.000000366. The van der Waals surface area contributed by atoms with Gasteiger partial charge in [-0.05, 0) is 38.1 Å². The molecule has 1 N–H and O–H groups in total. The molecular weight excluding hydrogens is 454 g/mol. The van der Waals surface area contributed by atoms with Crippen LogP contribution in [0.15, 0.2) is 12.1 Å². The van der Waals surface area contributed by atoms with E-state index in [0.717, 1.165) is 0 Å². The van der Waals surface area contributed by atoms with Crippen molar-refractivity contribution in [2.75, 3.05) is 13.1 Å². The third-order valence-corrected chi connectivity index (χ3v) is 4.93. The number of benzene rings is 2. The fourth-order valence-corrected chi connectivity index (χ4v) is 3.04. The summed E-state index contributed by atoms with van der Waals surface area (Å²) in [7, 11) is 0. The minimum absolute atomic E-state index is 0.297. The molecular formula is C24H29F8N. The monoisotopic (exact) mass is 483 g/mol. The van der Waals surface area contributed by atoms with Gasteiger partial charge in [-0.1, -0.05) is 52.4 Å².